The Morgan fingerprint density at radius 2 is 1.63 bits per heavy atom. The van der Waals surface area contributed by atoms with Crippen LogP contribution in [0, 0.1) is 0 Å². The monoisotopic (exact) mass is 270 g/mol. The molecule has 1 aliphatic heterocycles. The van der Waals surface area contributed by atoms with Gasteiger partial charge in [0.2, 0.25) is 0 Å². The molecule has 1 aromatic rings. The van der Waals surface area contributed by atoms with Gasteiger partial charge in [0, 0.05) is 18.6 Å². The summed E-state index contributed by atoms with van der Waals surface area (Å²) in [6, 6.07) is 5.16. The molecule has 0 unspecified atom stereocenters. The molecule has 0 saturated heterocycles. The topological polar surface area (TPSA) is 24.7 Å². The molecule has 0 fully saturated rings. The van der Waals surface area contributed by atoms with E-state index in [1.165, 1.54) is 12.1 Å². The lowest BCUT2D eigenvalue weighted by Gasteiger charge is -2.07. The predicted molar refractivity (Wildman–Crippen MR) is 71.7 cm³/mol. The van der Waals surface area contributed by atoms with Crippen molar-refractivity contribution >= 4 is 11.4 Å². The zero-order valence-electron chi connectivity index (χ0n) is 11.3. The molecule has 0 N–H and O–H groups in total. The number of nitrogens with zero attached hydrogens (tertiary/aromatic N) is 2. The molecule has 19 heavy (non-hydrogen) atoms. The second-order valence-electron chi connectivity index (χ2n) is 4.05. The van der Waals surface area contributed by atoms with E-state index in [1.54, 1.807) is 0 Å². The number of benzene rings is 1. The average molecular weight is 270 g/mol. The lowest BCUT2D eigenvalue weighted by Crippen LogP contribution is -2.06. The highest BCUT2D eigenvalue weighted by Gasteiger charge is 2.29. The Morgan fingerprint density at radius 1 is 1.05 bits per heavy atom. The van der Waals surface area contributed by atoms with Crippen LogP contribution in [0.15, 0.2) is 34.5 Å². The summed E-state index contributed by atoms with van der Waals surface area (Å²) in [6.45, 7) is 5.88. The van der Waals surface area contributed by atoms with Crippen LogP contribution in [-0.2, 0) is 12.6 Å². The minimum atomic E-state index is -4.27. The Kier molecular flexibility index (Phi) is 5.27. The third kappa shape index (κ3) is 4.50. The van der Waals surface area contributed by atoms with Gasteiger partial charge in [0.25, 0.3) is 0 Å². The van der Waals surface area contributed by atoms with Crippen molar-refractivity contribution in [2.75, 3.05) is 0 Å². The molecule has 2 rings (SSSR count). The first-order valence-corrected chi connectivity index (χ1v) is 6.20. The molecule has 1 aromatic carbocycles. The number of alkyl halides is 3. The summed E-state index contributed by atoms with van der Waals surface area (Å²) >= 11 is 0. The molecule has 0 amide bonds. The number of hydrogen-bond donors (Lipinski definition) is 0. The van der Waals surface area contributed by atoms with E-state index in [4.69, 9.17) is 0 Å². The second-order valence-corrected chi connectivity index (χ2v) is 4.05. The highest BCUT2D eigenvalue weighted by molar-refractivity contribution is 6.07. The molecule has 2 nitrogen and oxygen atoms in total. The summed E-state index contributed by atoms with van der Waals surface area (Å²) in [5.74, 6) is 0. The Bertz CT molecular complexity index is 470. The minimum Gasteiger partial charge on any atom is -0.166 e. The predicted octanol–water partition coefficient (Wildman–Crippen LogP) is 4.49. The molecule has 0 aromatic heterocycles. The van der Waals surface area contributed by atoms with Crippen LogP contribution in [0.4, 0.5) is 13.2 Å². The normalized spacial score (nSPS) is 14.4. The molecule has 0 bridgehead atoms. The maximum absolute atomic E-state index is 12.3. The van der Waals surface area contributed by atoms with Gasteiger partial charge in [-0.15, -0.1) is 0 Å². The first-order chi connectivity index (χ1) is 8.95. The highest BCUT2D eigenvalue weighted by Crippen LogP contribution is 2.29. The molecule has 0 spiro atoms. The van der Waals surface area contributed by atoms with Gasteiger partial charge < -0.3 is 0 Å². The quantitative estimate of drug-likeness (QED) is 0.756. The van der Waals surface area contributed by atoms with Crippen molar-refractivity contribution in [2.45, 2.75) is 39.8 Å². The molecule has 104 valence electrons. The Hall–Kier alpha value is -1.65. The summed E-state index contributed by atoms with van der Waals surface area (Å²) in [5.41, 5.74) is 2.03. The van der Waals surface area contributed by atoms with Crippen molar-refractivity contribution < 1.29 is 13.2 Å². The van der Waals surface area contributed by atoms with E-state index in [0.717, 1.165) is 29.1 Å². The zero-order valence-corrected chi connectivity index (χ0v) is 11.3. The third-order valence-corrected chi connectivity index (χ3v) is 2.51. The van der Waals surface area contributed by atoms with Gasteiger partial charge in [-0.1, -0.05) is 26.0 Å². The maximum atomic E-state index is 12.3. The van der Waals surface area contributed by atoms with Crippen LogP contribution in [0.1, 0.15) is 38.3 Å². The van der Waals surface area contributed by atoms with E-state index in [0.29, 0.717) is 12.8 Å². The van der Waals surface area contributed by atoms with E-state index < -0.39 is 11.7 Å². The lowest BCUT2D eigenvalue weighted by atomic mass is 10.0. The average Bonchev–Trinajstić information content (AvgIpc) is 2.77. The van der Waals surface area contributed by atoms with Crippen molar-refractivity contribution in [1.29, 1.82) is 0 Å². The van der Waals surface area contributed by atoms with E-state index in [-0.39, 0.29) is 0 Å². The van der Waals surface area contributed by atoms with Gasteiger partial charge >= 0.3 is 6.18 Å². The molecular formula is C14H17F3N2. The molecule has 5 heteroatoms. The molecule has 1 heterocycles. The fourth-order valence-electron chi connectivity index (χ4n) is 1.67. The highest BCUT2D eigenvalue weighted by atomic mass is 19.4. The number of rotatable bonds is 2. The Labute approximate surface area is 111 Å². The molecule has 0 radical (unpaired) electrons. The standard InChI is InChI=1S/C12H11F3N2.C2H6/c1-8-6-11(17-16-8)7-9-2-4-10(5-3-9)12(13,14)15;1-2/h2-5H,6-7H2,1H3;1-2H3. The van der Waals surface area contributed by atoms with Crippen molar-refractivity contribution in [1.82, 2.24) is 0 Å². The summed E-state index contributed by atoms with van der Waals surface area (Å²) in [7, 11) is 0. The smallest absolute Gasteiger partial charge is 0.166 e. The van der Waals surface area contributed by atoms with E-state index in [1.807, 2.05) is 20.8 Å². The van der Waals surface area contributed by atoms with Gasteiger partial charge in [-0.2, -0.15) is 23.4 Å². The van der Waals surface area contributed by atoms with Gasteiger partial charge in [-0.3, -0.25) is 0 Å². The Balaban J connectivity index is 0.000000861. The van der Waals surface area contributed by atoms with Crippen LogP contribution in [-0.4, -0.2) is 11.4 Å². The van der Waals surface area contributed by atoms with Crippen molar-refractivity contribution in [2.24, 2.45) is 10.2 Å². The van der Waals surface area contributed by atoms with Crippen LogP contribution in [0.2, 0.25) is 0 Å². The van der Waals surface area contributed by atoms with E-state index in [2.05, 4.69) is 10.2 Å². The summed E-state index contributed by atoms with van der Waals surface area (Å²) < 4.78 is 37.0. The van der Waals surface area contributed by atoms with Crippen LogP contribution in [0.25, 0.3) is 0 Å². The first kappa shape index (κ1) is 15.4. The molecular weight excluding hydrogens is 253 g/mol. The number of hydrogen-bond acceptors (Lipinski definition) is 2. The second kappa shape index (κ2) is 6.50. The van der Waals surface area contributed by atoms with Gasteiger partial charge in [0.15, 0.2) is 0 Å². The van der Waals surface area contributed by atoms with Crippen LogP contribution in [0.3, 0.4) is 0 Å². The summed E-state index contributed by atoms with van der Waals surface area (Å²) in [4.78, 5) is 0. The fraction of sp³-hybridized carbons (Fsp3) is 0.429. The SMILES string of the molecule is CC.CC1=NN=C(Cc2ccc(C(F)(F)F)cc2)C1. The van der Waals surface area contributed by atoms with Crippen LogP contribution in [0.5, 0.6) is 0 Å². The third-order valence-electron chi connectivity index (χ3n) is 2.51. The molecule has 1 aliphatic rings. The van der Waals surface area contributed by atoms with E-state index >= 15 is 0 Å². The summed E-state index contributed by atoms with van der Waals surface area (Å²) in [5, 5.41) is 7.86. The Morgan fingerprint density at radius 3 is 2.05 bits per heavy atom. The molecule has 0 atom stereocenters. The maximum Gasteiger partial charge on any atom is 0.416 e. The van der Waals surface area contributed by atoms with Gasteiger partial charge in [0.05, 0.1) is 11.3 Å². The van der Waals surface area contributed by atoms with E-state index in [9.17, 15) is 13.2 Å². The largest absolute Gasteiger partial charge is 0.416 e. The van der Waals surface area contributed by atoms with Crippen LogP contribution >= 0.6 is 0 Å². The van der Waals surface area contributed by atoms with Crippen molar-refractivity contribution in [3.63, 3.8) is 0 Å². The van der Waals surface area contributed by atoms with Crippen molar-refractivity contribution in [3.8, 4) is 0 Å². The van der Waals surface area contributed by atoms with Crippen molar-refractivity contribution in [3.05, 3.63) is 35.4 Å². The first-order valence-electron chi connectivity index (χ1n) is 6.20. The van der Waals surface area contributed by atoms with Gasteiger partial charge in [0.1, 0.15) is 0 Å². The molecule has 0 aliphatic carbocycles. The van der Waals surface area contributed by atoms with Crippen LogP contribution < -0.4 is 0 Å². The van der Waals surface area contributed by atoms with Gasteiger partial charge in [-0.25, -0.2) is 0 Å². The fourth-order valence-corrected chi connectivity index (χ4v) is 1.67. The lowest BCUT2D eigenvalue weighted by molar-refractivity contribution is -0.137. The number of halogens is 3. The summed E-state index contributed by atoms with van der Waals surface area (Å²) in [6.07, 6.45) is -3.01. The molecule has 0 saturated carbocycles. The minimum absolute atomic E-state index is 0.555. The van der Waals surface area contributed by atoms with Gasteiger partial charge in [-0.05, 0) is 24.6 Å². The zero-order chi connectivity index (χ0) is 14.5.